The molecule has 0 saturated carbocycles. The van der Waals surface area contributed by atoms with Crippen LogP contribution in [0, 0.1) is 0 Å². The van der Waals surface area contributed by atoms with Crippen LogP contribution in [0.1, 0.15) is 19.4 Å². The van der Waals surface area contributed by atoms with Crippen LogP contribution in [0.2, 0.25) is 0 Å². The van der Waals surface area contributed by atoms with Crippen LogP contribution in [0.25, 0.3) is 0 Å². The van der Waals surface area contributed by atoms with Crippen LogP contribution in [0.3, 0.4) is 0 Å². The van der Waals surface area contributed by atoms with Crippen molar-refractivity contribution < 1.29 is 14.3 Å². The molecule has 5 nitrogen and oxygen atoms in total. The van der Waals surface area contributed by atoms with Crippen LogP contribution in [0.15, 0.2) is 24.3 Å². The summed E-state index contributed by atoms with van der Waals surface area (Å²) in [6, 6.07) is 8.45. The molecule has 1 saturated heterocycles. The Morgan fingerprint density at radius 2 is 2.09 bits per heavy atom. The van der Waals surface area contributed by atoms with Gasteiger partial charge >= 0.3 is 5.97 Å². The Morgan fingerprint density at radius 1 is 1.36 bits per heavy atom. The Morgan fingerprint density at radius 3 is 2.73 bits per heavy atom. The predicted molar refractivity (Wildman–Crippen MR) is 88.6 cm³/mol. The van der Waals surface area contributed by atoms with Crippen LogP contribution in [-0.2, 0) is 16.1 Å². The monoisotopic (exact) mass is 328 g/mol. The molecule has 1 aliphatic rings. The molecule has 1 heterocycles. The maximum atomic E-state index is 11.2. The molecule has 0 spiro atoms. The minimum atomic E-state index is -0.337. The molecule has 0 amide bonds. The highest BCUT2D eigenvalue weighted by molar-refractivity contribution is 5.85. The Labute approximate surface area is 138 Å². The second kappa shape index (κ2) is 9.66. The van der Waals surface area contributed by atoms with E-state index in [1.54, 1.807) is 6.92 Å². The standard InChI is InChI=1S/C16H24N2O3.ClH/c1-3-20-16(19)12-21-15-6-4-14(5-7-15)11-18-9-8-17-13(2)10-18;/h4-7,13,17H,3,8-12H2,1-2H3;1H/t13-;/m1./s1. The third-order valence-electron chi connectivity index (χ3n) is 3.44. The fourth-order valence-corrected chi connectivity index (χ4v) is 2.45. The summed E-state index contributed by atoms with van der Waals surface area (Å²) in [5.41, 5.74) is 1.26. The van der Waals surface area contributed by atoms with Crippen molar-refractivity contribution in [3.63, 3.8) is 0 Å². The molecule has 1 aromatic rings. The second-order valence-electron chi connectivity index (χ2n) is 5.33. The van der Waals surface area contributed by atoms with Gasteiger partial charge in [0, 0.05) is 32.2 Å². The number of halogens is 1. The van der Waals surface area contributed by atoms with E-state index in [0.29, 0.717) is 18.4 Å². The van der Waals surface area contributed by atoms with E-state index >= 15 is 0 Å². The third kappa shape index (κ3) is 6.22. The molecule has 2 rings (SSSR count). The Hall–Kier alpha value is -1.30. The van der Waals surface area contributed by atoms with E-state index < -0.39 is 0 Å². The minimum Gasteiger partial charge on any atom is -0.482 e. The van der Waals surface area contributed by atoms with Gasteiger partial charge < -0.3 is 14.8 Å². The largest absolute Gasteiger partial charge is 0.482 e. The molecule has 1 N–H and O–H groups in total. The Balaban J connectivity index is 0.00000242. The van der Waals surface area contributed by atoms with Gasteiger partial charge in [-0.2, -0.15) is 0 Å². The summed E-state index contributed by atoms with van der Waals surface area (Å²) in [7, 11) is 0. The highest BCUT2D eigenvalue weighted by atomic mass is 35.5. The third-order valence-corrected chi connectivity index (χ3v) is 3.44. The summed E-state index contributed by atoms with van der Waals surface area (Å²) in [5, 5.41) is 3.44. The topological polar surface area (TPSA) is 50.8 Å². The van der Waals surface area contributed by atoms with Crippen LogP contribution in [0.4, 0.5) is 0 Å². The number of nitrogens with one attached hydrogen (secondary N) is 1. The van der Waals surface area contributed by atoms with Crippen molar-refractivity contribution in [1.29, 1.82) is 0 Å². The number of esters is 1. The average Bonchev–Trinajstić information content (AvgIpc) is 2.47. The highest BCUT2D eigenvalue weighted by Crippen LogP contribution is 2.14. The molecular weight excluding hydrogens is 304 g/mol. The highest BCUT2D eigenvalue weighted by Gasteiger charge is 2.15. The minimum absolute atomic E-state index is 0. The first-order chi connectivity index (χ1) is 10.2. The van der Waals surface area contributed by atoms with E-state index in [1.165, 1.54) is 5.56 Å². The maximum absolute atomic E-state index is 11.2. The molecule has 0 bridgehead atoms. The molecular formula is C16H25ClN2O3. The van der Waals surface area contributed by atoms with Gasteiger partial charge in [0.05, 0.1) is 6.61 Å². The Kier molecular flexibility index (Phi) is 8.24. The van der Waals surface area contributed by atoms with Crippen molar-refractivity contribution in [2.75, 3.05) is 32.8 Å². The molecule has 0 radical (unpaired) electrons. The Bertz CT molecular complexity index is 453. The van der Waals surface area contributed by atoms with E-state index in [4.69, 9.17) is 9.47 Å². The number of ether oxygens (including phenoxy) is 2. The lowest BCUT2D eigenvalue weighted by molar-refractivity contribution is -0.145. The zero-order valence-electron chi connectivity index (χ0n) is 13.2. The van der Waals surface area contributed by atoms with Gasteiger partial charge in [0.1, 0.15) is 5.75 Å². The zero-order chi connectivity index (χ0) is 15.1. The fourth-order valence-electron chi connectivity index (χ4n) is 2.45. The molecule has 0 aromatic heterocycles. The predicted octanol–water partition coefficient (Wildman–Crippen LogP) is 1.84. The lowest BCUT2D eigenvalue weighted by atomic mass is 10.1. The number of piperazine rings is 1. The molecule has 1 aliphatic heterocycles. The molecule has 0 aliphatic carbocycles. The first-order valence-electron chi connectivity index (χ1n) is 7.50. The lowest BCUT2D eigenvalue weighted by Gasteiger charge is -2.31. The fraction of sp³-hybridized carbons (Fsp3) is 0.562. The van der Waals surface area contributed by atoms with Crippen molar-refractivity contribution in [3.05, 3.63) is 29.8 Å². The van der Waals surface area contributed by atoms with Crippen LogP contribution >= 0.6 is 12.4 Å². The number of carbonyl (C=O) groups is 1. The summed E-state index contributed by atoms with van der Waals surface area (Å²) in [4.78, 5) is 13.7. The quantitative estimate of drug-likeness (QED) is 0.808. The summed E-state index contributed by atoms with van der Waals surface area (Å²) in [6.45, 7) is 8.47. The number of benzene rings is 1. The van der Waals surface area contributed by atoms with Crippen molar-refractivity contribution in [1.82, 2.24) is 10.2 Å². The lowest BCUT2D eigenvalue weighted by Crippen LogP contribution is -2.48. The second-order valence-corrected chi connectivity index (χ2v) is 5.33. The van der Waals surface area contributed by atoms with Gasteiger partial charge in [0.2, 0.25) is 0 Å². The van der Waals surface area contributed by atoms with E-state index in [2.05, 4.69) is 17.1 Å². The summed E-state index contributed by atoms with van der Waals surface area (Å²) in [5.74, 6) is 0.358. The van der Waals surface area contributed by atoms with Gasteiger partial charge in [-0.1, -0.05) is 12.1 Å². The molecule has 6 heteroatoms. The average molecular weight is 329 g/mol. The normalized spacial score (nSPS) is 18.4. The van der Waals surface area contributed by atoms with Crippen molar-refractivity contribution in [2.45, 2.75) is 26.4 Å². The van der Waals surface area contributed by atoms with Crippen molar-refractivity contribution in [2.24, 2.45) is 0 Å². The maximum Gasteiger partial charge on any atom is 0.344 e. The summed E-state index contributed by atoms with van der Waals surface area (Å²) >= 11 is 0. The van der Waals surface area contributed by atoms with Crippen LogP contribution < -0.4 is 10.1 Å². The first-order valence-corrected chi connectivity index (χ1v) is 7.50. The molecule has 0 unspecified atom stereocenters. The number of rotatable bonds is 6. The van der Waals surface area contributed by atoms with Crippen LogP contribution in [-0.4, -0.2) is 49.8 Å². The van der Waals surface area contributed by atoms with Gasteiger partial charge in [-0.05, 0) is 31.5 Å². The molecule has 1 atom stereocenters. The SMILES string of the molecule is CCOC(=O)COc1ccc(CN2CCN[C@H](C)C2)cc1.Cl. The molecule has 124 valence electrons. The first kappa shape index (κ1) is 18.7. The van der Waals surface area contributed by atoms with Gasteiger partial charge in [-0.3, -0.25) is 4.90 Å². The van der Waals surface area contributed by atoms with Crippen LogP contribution in [0.5, 0.6) is 5.75 Å². The molecule has 1 aromatic carbocycles. The van der Waals surface area contributed by atoms with Gasteiger partial charge in [-0.15, -0.1) is 12.4 Å². The number of hydrogen-bond donors (Lipinski definition) is 1. The smallest absolute Gasteiger partial charge is 0.344 e. The van der Waals surface area contributed by atoms with E-state index in [1.807, 2.05) is 24.3 Å². The number of hydrogen-bond acceptors (Lipinski definition) is 5. The van der Waals surface area contributed by atoms with E-state index in [-0.39, 0.29) is 25.0 Å². The summed E-state index contributed by atoms with van der Waals surface area (Å²) < 4.78 is 10.2. The van der Waals surface area contributed by atoms with Crippen molar-refractivity contribution in [3.8, 4) is 5.75 Å². The summed E-state index contributed by atoms with van der Waals surface area (Å²) in [6.07, 6.45) is 0. The number of nitrogens with zero attached hydrogens (tertiary/aromatic N) is 1. The van der Waals surface area contributed by atoms with Gasteiger partial charge in [0.25, 0.3) is 0 Å². The number of carbonyl (C=O) groups excluding carboxylic acids is 1. The van der Waals surface area contributed by atoms with E-state index in [9.17, 15) is 4.79 Å². The zero-order valence-corrected chi connectivity index (χ0v) is 14.0. The molecule has 1 fully saturated rings. The van der Waals surface area contributed by atoms with Gasteiger partial charge in [-0.25, -0.2) is 4.79 Å². The van der Waals surface area contributed by atoms with Gasteiger partial charge in [0.15, 0.2) is 6.61 Å². The van der Waals surface area contributed by atoms with E-state index in [0.717, 1.165) is 26.2 Å². The van der Waals surface area contributed by atoms with Crippen molar-refractivity contribution >= 4 is 18.4 Å². The molecule has 22 heavy (non-hydrogen) atoms.